The second kappa shape index (κ2) is 15.1. The highest BCUT2D eigenvalue weighted by atomic mass is 32.2. The normalized spacial score (nSPS) is 17.5. The van der Waals surface area contributed by atoms with Gasteiger partial charge >= 0.3 is 5.97 Å². The van der Waals surface area contributed by atoms with Crippen LogP contribution in [0.1, 0.15) is 83.9 Å². The molecule has 0 radical (unpaired) electrons. The molecule has 0 bridgehead atoms. The van der Waals surface area contributed by atoms with Crippen LogP contribution < -0.4 is 9.47 Å². The minimum absolute atomic E-state index is 0.151. The molecule has 3 heterocycles. The lowest BCUT2D eigenvalue weighted by atomic mass is 9.81. The van der Waals surface area contributed by atoms with E-state index in [0.29, 0.717) is 19.5 Å². The van der Waals surface area contributed by atoms with E-state index in [2.05, 4.69) is 26.2 Å². The van der Waals surface area contributed by atoms with Crippen molar-refractivity contribution < 1.29 is 45.0 Å². The van der Waals surface area contributed by atoms with Crippen LogP contribution in [0.5, 0.6) is 0 Å². The zero-order valence-electron chi connectivity index (χ0n) is 31.1. The number of carboxylic acids is 1. The molecule has 2 aromatic carbocycles. The molecular formula is C40H49N3O8S2+2. The zero-order valence-corrected chi connectivity index (χ0v) is 32.7. The first-order valence-corrected chi connectivity index (χ1v) is 20.7. The van der Waals surface area contributed by atoms with Gasteiger partial charge in [0.05, 0.1) is 15.2 Å². The van der Waals surface area contributed by atoms with Crippen molar-refractivity contribution in [1.29, 1.82) is 0 Å². The Morgan fingerprint density at radius 2 is 1.45 bits per heavy atom. The summed E-state index contributed by atoms with van der Waals surface area (Å²) in [5, 5.41) is 8.94. The van der Waals surface area contributed by atoms with Gasteiger partial charge in [-0.05, 0) is 99.7 Å². The maximum absolute atomic E-state index is 12.0. The monoisotopic (exact) mass is 763 g/mol. The van der Waals surface area contributed by atoms with E-state index in [0.717, 1.165) is 64.4 Å². The van der Waals surface area contributed by atoms with E-state index in [1.54, 1.807) is 24.3 Å². The first-order chi connectivity index (χ1) is 24.8. The minimum atomic E-state index is -4.39. The Morgan fingerprint density at radius 1 is 0.830 bits per heavy atom. The summed E-state index contributed by atoms with van der Waals surface area (Å²) in [7, 11) is -8.78. The van der Waals surface area contributed by atoms with Crippen LogP contribution in [0.2, 0.25) is 0 Å². The molecule has 2 aliphatic rings. The molecule has 0 aliphatic carbocycles. The quantitative estimate of drug-likeness (QED) is 0.0692. The lowest BCUT2D eigenvalue weighted by Crippen LogP contribution is -2.32. The van der Waals surface area contributed by atoms with Gasteiger partial charge in [0.25, 0.3) is 20.2 Å². The summed E-state index contributed by atoms with van der Waals surface area (Å²) < 4.78 is 71.9. The van der Waals surface area contributed by atoms with Crippen molar-refractivity contribution in [2.24, 2.45) is 0 Å². The van der Waals surface area contributed by atoms with Crippen LogP contribution in [0.15, 0.2) is 101 Å². The summed E-state index contributed by atoms with van der Waals surface area (Å²) >= 11 is 0. The van der Waals surface area contributed by atoms with Crippen LogP contribution in [-0.2, 0) is 42.4 Å². The molecule has 0 spiro atoms. The summed E-state index contributed by atoms with van der Waals surface area (Å²) in [5.41, 5.74) is 5.88. The van der Waals surface area contributed by atoms with Crippen LogP contribution in [0.25, 0.3) is 5.57 Å². The first kappa shape index (κ1) is 39.8. The molecule has 0 saturated heterocycles. The molecule has 3 N–H and O–H groups in total. The molecule has 282 valence electrons. The molecule has 0 unspecified atom stereocenters. The largest absolute Gasteiger partial charge is 0.481 e. The molecule has 13 heteroatoms. The number of hydrogen-bond acceptors (Lipinski definition) is 6. The van der Waals surface area contributed by atoms with Gasteiger partial charge in [-0.1, -0.05) is 19.9 Å². The van der Waals surface area contributed by atoms with E-state index < -0.39 is 37.0 Å². The SMILES string of the molecule is CCN1C(=CC=C(C=CC2=[N+](CC)c3ccc(S(=O)(=O)O)cc3C2(C)C)c2cc[n+](CCCCCC(=O)O)cc2)C(C)(C)c2cc(S(=O)(=O)O)ccc21. The van der Waals surface area contributed by atoms with Crippen LogP contribution in [0, 0.1) is 0 Å². The van der Waals surface area contributed by atoms with E-state index in [-0.39, 0.29) is 16.2 Å². The van der Waals surface area contributed by atoms with E-state index in [1.165, 1.54) is 12.1 Å². The second-order valence-corrected chi connectivity index (χ2v) is 17.3. The molecule has 0 fully saturated rings. The molecule has 53 heavy (non-hydrogen) atoms. The van der Waals surface area contributed by atoms with Crippen molar-refractivity contribution in [3.8, 4) is 0 Å². The number of benzene rings is 2. The van der Waals surface area contributed by atoms with Gasteiger partial charge in [0.1, 0.15) is 13.1 Å². The van der Waals surface area contributed by atoms with Crippen LogP contribution >= 0.6 is 0 Å². The number of rotatable bonds is 14. The summed E-state index contributed by atoms with van der Waals surface area (Å²) in [5.74, 6) is -0.785. The Hall–Kier alpha value is -4.43. The average Bonchev–Trinajstić information content (AvgIpc) is 3.44. The van der Waals surface area contributed by atoms with Crippen molar-refractivity contribution in [1.82, 2.24) is 0 Å². The van der Waals surface area contributed by atoms with Gasteiger partial charge in [-0.2, -0.15) is 21.4 Å². The van der Waals surface area contributed by atoms with E-state index in [4.69, 9.17) is 5.11 Å². The third kappa shape index (κ3) is 8.23. The Labute approximate surface area is 312 Å². The number of hydrogen-bond donors (Lipinski definition) is 3. The fourth-order valence-corrected chi connectivity index (χ4v) is 8.46. The fourth-order valence-electron chi connectivity index (χ4n) is 7.44. The van der Waals surface area contributed by atoms with Gasteiger partial charge in [0, 0.05) is 66.0 Å². The number of likely N-dealkylation sites (N-methyl/N-ethyl adjacent to an activating group) is 1. The smallest absolute Gasteiger partial charge is 0.303 e. The van der Waals surface area contributed by atoms with Gasteiger partial charge in [-0.15, -0.1) is 0 Å². The van der Waals surface area contributed by atoms with Gasteiger partial charge in [-0.3, -0.25) is 13.9 Å². The van der Waals surface area contributed by atoms with Crippen molar-refractivity contribution in [2.45, 2.75) is 94.4 Å². The number of allylic oxidation sites excluding steroid dienone is 6. The second-order valence-electron chi connectivity index (χ2n) is 14.5. The van der Waals surface area contributed by atoms with Gasteiger partial charge in [0.2, 0.25) is 5.69 Å². The number of fused-ring (bicyclic) bond motifs is 2. The standard InChI is InChI=1S/C40H47N3O8S2/c1-7-42-34-17-15-30(52(46,47)48)26-32(34)39(3,4)36(42)19-13-28(29-21-24-41(25-22-29)23-11-9-10-12-38(44)45)14-20-37-40(5,6)33-27-31(53(49,50)51)16-18-35(33)43(37)8-2/h13-22,24-27H,7-12,23H2,1-6H3,(H-2,44,45,46,47,48,49,50,51)/p+2. The van der Waals surface area contributed by atoms with Crippen LogP contribution in [0.4, 0.5) is 11.4 Å². The highest BCUT2D eigenvalue weighted by Gasteiger charge is 2.44. The number of carbonyl (C=O) groups is 1. The van der Waals surface area contributed by atoms with E-state index in [9.17, 15) is 30.7 Å². The predicted molar refractivity (Wildman–Crippen MR) is 205 cm³/mol. The van der Waals surface area contributed by atoms with Crippen LogP contribution in [0.3, 0.4) is 0 Å². The van der Waals surface area contributed by atoms with Gasteiger partial charge in [-0.25, -0.2) is 4.57 Å². The number of pyridine rings is 1. The van der Waals surface area contributed by atoms with Gasteiger partial charge in [0.15, 0.2) is 18.1 Å². The van der Waals surface area contributed by atoms with Gasteiger partial charge < -0.3 is 10.0 Å². The van der Waals surface area contributed by atoms with Crippen molar-refractivity contribution in [2.75, 3.05) is 18.0 Å². The third-order valence-corrected chi connectivity index (χ3v) is 12.0. The van der Waals surface area contributed by atoms with E-state index >= 15 is 0 Å². The highest BCUT2D eigenvalue weighted by molar-refractivity contribution is 7.86. The molecule has 0 amide bonds. The lowest BCUT2D eigenvalue weighted by Gasteiger charge is -2.26. The number of carboxylic acid groups (broad SMARTS) is 1. The Morgan fingerprint density at radius 3 is 2.04 bits per heavy atom. The Bertz CT molecular complexity index is 2270. The number of aliphatic carboxylic acids is 1. The maximum Gasteiger partial charge on any atom is 0.303 e. The summed E-state index contributed by atoms with van der Waals surface area (Å²) in [6.07, 6.45) is 14.7. The van der Waals surface area contributed by atoms with Crippen molar-refractivity contribution >= 4 is 48.9 Å². The lowest BCUT2D eigenvalue weighted by molar-refractivity contribution is -0.697. The molecular weight excluding hydrogens is 715 g/mol. The number of anilines is 1. The molecule has 5 rings (SSSR count). The molecule has 11 nitrogen and oxygen atoms in total. The predicted octanol–water partition coefficient (Wildman–Crippen LogP) is 6.85. The molecule has 1 aromatic heterocycles. The number of unbranched alkanes of at least 4 members (excludes halogenated alkanes) is 2. The summed E-state index contributed by atoms with van der Waals surface area (Å²) in [6.45, 7) is 14.2. The van der Waals surface area contributed by atoms with Crippen molar-refractivity contribution in [3.05, 3.63) is 108 Å². The first-order valence-electron chi connectivity index (χ1n) is 17.8. The summed E-state index contributed by atoms with van der Waals surface area (Å²) in [6, 6.07) is 13.5. The number of aryl methyl sites for hydroxylation is 1. The van der Waals surface area contributed by atoms with Crippen molar-refractivity contribution in [3.63, 3.8) is 0 Å². The molecule has 0 atom stereocenters. The average molecular weight is 764 g/mol. The minimum Gasteiger partial charge on any atom is -0.481 e. The summed E-state index contributed by atoms with van der Waals surface area (Å²) in [4.78, 5) is 12.7. The Kier molecular flexibility index (Phi) is 11.4. The third-order valence-electron chi connectivity index (χ3n) is 10.3. The van der Waals surface area contributed by atoms with E-state index in [1.807, 2.05) is 78.2 Å². The molecule has 0 saturated carbocycles. The highest BCUT2D eigenvalue weighted by Crippen LogP contribution is 2.48. The number of nitrogens with zero attached hydrogens (tertiary/aromatic N) is 3. The maximum atomic E-state index is 12.0. The zero-order chi connectivity index (χ0) is 38.9. The topological polar surface area (TPSA) is 156 Å². The van der Waals surface area contributed by atoms with Crippen LogP contribution in [-0.4, -0.2) is 60.4 Å². The fraction of sp³-hybridized carbons (Fsp3) is 0.375. The molecule has 2 aliphatic heterocycles. The molecule has 3 aromatic rings. The Balaban J connectivity index is 1.57. The number of aromatic nitrogens is 1.